The summed E-state index contributed by atoms with van der Waals surface area (Å²) < 4.78 is 4.79. The number of aliphatic hydroxyl groups excluding tert-OH is 1. The monoisotopic (exact) mass is 277 g/mol. The zero-order valence-electron chi connectivity index (χ0n) is 11.0. The summed E-state index contributed by atoms with van der Waals surface area (Å²) in [6.07, 6.45) is -1.25. The number of hydrogen-bond donors (Lipinski definition) is 2. The van der Waals surface area contributed by atoms with E-state index in [4.69, 9.17) is 15.1 Å². The molecule has 1 aromatic carbocycles. The zero-order chi connectivity index (χ0) is 15.1. The lowest BCUT2D eigenvalue weighted by molar-refractivity contribution is -0.147. The summed E-state index contributed by atoms with van der Waals surface area (Å²) in [7, 11) is 0. The summed E-state index contributed by atoms with van der Waals surface area (Å²) >= 11 is 0. The fourth-order valence-electron chi connectivity index (χ4n) is 1.71. The smallest absolute Gasteiger partial charge is 0.337 e. The molecule has 0 bridgehead atoms. The topological polar surface area (TPSA) is 108 Å². The summed E-state index contributed by atoms with van der Waals surface area (Å²) in [6, 6.07) is 6.23. The third-order valence-electron chi connectivity index (χ3n) is 2.62. The highest BCUT2D eigenvalue weighted by Gasteiger charge is 2.17. The first-order valence-electron chi connectivity index (χ1n) is 6.08. The summed E-state index contributed by atoms with van der Waals surface area (Å²) in [5.41, 5.74) is 0.962. The van der Waals surface area contributed by atoms with Crippen LogP contribution in [-0.2, 0) is 20.7 Å². The molecule has 0 aromatic heterocycles. The second-order valence-corrected chi connectivity index (χ2v) is 4.12. The van der Waals surface area contributed by atoms with E-state index in [1.165, 1.54) is 12.1 Å². The Hall–Kier alpha value is -2.39. The van der Waals surface area contributed by atoms with Crippen molar-refractivity contribution in [1.82, 2.24) is 0 Å². The minimum atomic E-state index is -1.69. The van der Waals surface area contributed by atoms with Gasteiger partial charge in [-0.05, 0) is 36.6 Å². The van der Waals surface area contributed by atoms with Crippen molar-refractivity contribution in [3.05, 3.63) is 34.9 Å². The molecule has 20 heavy (non-hydrogen) atoms. The normalized spacial score (nSPS) is 11.4. The Morgan fingerprint density at radius 1 is 1.40 bits per heavy atom. The molecular formula is C14H15NO5. The lowest BCUT2D eigenvalue weighted by Crippen LogP contribution is -2.11. The molecule has 1 aromatic rings. The molecule has 1 atom stereocenters. The number of aliphatic carboxylic acids is 1. The Kier molecular flexibility index (Phi) is 5.69. The van der Waals surface area contributed by atoms with Crippen LogP contribution in [0.5, 0.6) is 0 Å². The number of carboxylic acid groups (broad SMARTS) is 1. The molecule has 2 N–H and O–H groups in total. The highest BCUT2D eigenvalue weighted by atomic mass is 16.5. The van der Waals surface area contributed by atoms with Crippen LogP contribution in [0.25, 0.3) is 0 Å². The quantitative estimate of drug-likeness (QED) is 0.756. The Labute approximate surface area is 116 Å². The molecule has 0 aliphatic heterocycles. The van der Waals surface area contributed by atoms with Crippen LogP contribution in [-0.4, -0.2) is 28.8 Å². The molecule has 1 unspecified atom stereocenters. The van der Waals surface area contributed by atoms with Gasteiger partial charge in [-0.25, -0.2) is 4.79 Å². The number of benzene rings is 1. The molecule has 1 rings (SSSR count). The van der Waals surface area contributed by atoms with Gasteiger partial charge in [-0.3, -0.25) is 4.79 Å². The molecule has 106 valence electrons. The fraction of sp³-hybridized carbons (Fsp3) is 0.357. The molecule has 0 saturated carbocycles. The van der Waals surface area contributed by atoms with Crippen LogP contribution in [0.15, 0.2) is 18.2 Å². The molecule has 0 spiro atoms. The lowest BCUT2D eigenvalue weighted by Gasteiger charge is -2.09. The third-order valence-corrected chi connectivity index (χ3v) is 2.62. The molecule has 0 amide bonds. The van der Waals surface area contributed by atoms with Crippen molar-refractivity contribution < 1.29 is 24.5 Å². The van der Waals surface area contributed by atoms with Gasteiger partial charge in [0.15, 0.2) is 6.10 Å². The molecule has 0 saturated heterocycles. The molecule has 0 radical (unpaired) electrons. The minimum absolute atomic E-state index is 0.121. The number of esters is 1. The Morgan fingerprint density at radius 2 is 2.10 bits per heavy atom. The number of nitriles is 1. The van der Waals surface area contributed by atoms with Gasteiger partial charge in [-0.1, -0.05) is 6.07 Å². The summed E-state index contributed by atoms with van der Waals surface area (Å²) in [6.45, 7) is 2.00. The molecule has 6 heteroatoms. The van der Waals surface area contributed by atoms with E-state index in [1.54, 1.807) is 13.0 Å². The molecule has 0 aliphatic rings. The van der Waals surface area contributed by atoms with Crippen molar-refractivity contribution in [2.45, 2.75) is 25.9 Å². The second-order valence-electron chi connectivity index (χ2n) is 4.12. The van der Waals surface area contributed by atoms with E-state index in [9.17, 15) is 14.7 Å². The Balaban J connectivity index is 2.91. The van der Waals surface area contributed by atoms with E-state index in [-0.39, 0.29) is 23.5 Å². The number of carbonyl (C=O) groups is 2. The summed E-state index contributed by atoms with van der Waals surface area (Å²) in [5, 5.41) is 27.2. The maximum atomic E-state index is 11.3. The van der Waals surface area contributed by atoms with E-state index >= 15 is 0 Å². The predicted molar refractivity (Wildman–Crippen MR) is 68.7 cm³/mol. The Morgan fingerprint density at radius 3 is 2.65 bits per heavy atom. The van der Waals surface area contributed by atoms with Crippen molar-refractivity contribution in [2.24, 2.45) is 0 Å². The van der Waals surface area contributed by atoms with Crippen molar-refractivity contribution in [1.29, 1.82) is 5.26 Å². The second kappa shape index (κ2) is 7.26. The highest BCUT2D eigenvalue weighted by molar-refractivity contribution is 5.74. The van der Waals surface area contributed by atoms with Crippen LogP contribution in [0.2, 0.25) is 0 Å². The lowest BCUT2D eigenvalue weighted by atomic mass is 9.99. The first-order valence-corrected chi connectivity index (χ1v) is 6.08. The van der Waals surface area contributed by atoms with E-state index in [0.717, 1.165) is 0 Å². The number of hydrogen-bond acceptors (Lipinski definition) is 5. The number of carboxylic acids is 1. The standard InChI is InChI=1S/C14H15NO5/c1-2-20-12(16)4-3-9-5-10(8-15)7-11(6-9)13(17)14(18)19/h5-7,13,17H,2-4H2,1H3,(H,18,19). The number of rotatable bonds is 6. The van der Waals surface area contributed by atoms with Crippen molar-refractivity contribution >= 4 is 11.9 Å². The van der Waals surface area contributed by atoms with Crippen molar-refractivity contribution in [3.8, 4) is 6.07 Å². The van der Waals surface area contributed by atoms with Gasteiger partial charge in [0.25, 0.3) is 0 Å². The van der Waals surface area contributed by atoms with E-state index in [0.29, 0.717) is 18.6 Å². The Bertz CT molecular complexity index is 547. The maximum Gasteiger partial charge on any atom is 0.337 e. The number of ether oxygens (including phenoxy) is 1. The van der Waals surface area contributed by atoms with E-state index in [2.05, 4.69) is 0 Å². The average Bonchev–Trinajstić information content (AvgIpc) is 2.44. The first kappa shape index (κ1) is 15.7. The third kappa shape index (κ3) is 4.37. The largest absolute Gasteiger partial charge is 0.479 e. The number of aryl methyl sites for hydroxylation is 1. The molecule has 0 fully saturated rings. The van der Waals surface area contributed by atoms with Crippen LogP contribution in [0.3, 0.4) is 0 Å². The van der Waals surface area contributed by atoms with Gasteiger partial charge >= 0.3 is 11.9 Å². The minimum Gasteiger partial charge on any atom is -0.479 e. The fourth-order valence-corrected chi connectivity index (χ4v) is 1.71. The SMILES string of the molecule is CCOC(=O)CCc1cc(C#N)cc(C(O)C(=O)O)c1. The number of nitrogens with zero attached hydrogens (tertiary/aromatic N) is 1. The zero-order valence-corrected chi connectivity index (χ0v) is 11.0. The van der Waals surface area contributed by atoms with Crippen LogP contribution in [0.4, 0.5) is 0 Å². The van der Waals surface area contributed by atoms with Crippen molar-refractivity contribution in [2.75, 3.05) is 6.61 Å². The van der Waals surface area contributed by atoms with E-state index < -0.39 is 12.1 Å². The summed E-state index contributed by atoms with van der Waals surface area (Å²) in [4.78, 5) is 22.0. The predicted octanol–water partition coefficient (Wildman–Crippen LogP) is 1.17. The number of carbonyl (C=O) groups excluding carboxylic acids is 1. The number of aliphatic hydroxyl groups is 1. The van der Waals surface area contributed by atoms with Crippen LogP contribution in [0, 0.1) is 11.3 Å². The molecule has 0 heterocycles. The average molecular weight is 277 g/mol. The van der Waals surface area contributed by atoms with Gasteiger partial charge in [-0.15, -0.1) is 0 Å². The maximum absolute atomic E-state index is 11.3. The summed E-state index contributed by atoms with van der Waals surface area (Å²) in [5.74, 6) is -1.76. The van der Waals surface area contributed by atoms with Gasteiger partial charge in [-0.2, -0.15) is 5.26 Å². The highest BCUT2D eigenvalue weighted by Crippen LogP contribution is 2.18. The van der Waals surface area contributed by atoms with Gasteiger partial charge in [0.05, 0.1) is 18.2 Å². The molecular weight excluding hydrogens is 262 g/mol. The van der Waals surface area contributed by atoms with Crippen LogP contribution in [0.1, 0.15) is 36.1 Å². The van der Waals surface area contributed by atoms with Crippen LogP contribution < -0.4 is 0 Å². The van der Waals surface area contributed by atoms with Gasteiger partial charge in [0.2, 0.25) is 0 Å². The van der Waals surface area contributed by atoms with E-state index in [1.807, 2.05) is 6.07 Å². The van der Waals surface area contributed by atoms with Gasteiger partial charge in [0, 0.05) is 6.42 Å². The molecule has 0 aliphatic carbocycles. The first-order chi connectivity index (χ1) is 9.47. The molecule has 6 nitrogen and oxygen atoms in total. The van der Waals surface area contributed by atoms with Crippen molar-refractivity contribution in [3.63, 3.8) is 0 Å². The van der Waals surface area contributed by atoms with Gasteiger partial charge < -0.3 is 14.9 Å². The van der Waals surface area contributed by atoms with Gasteiger partial charge in [0.1, 0.15) is 0 Å². The van der Waals surface area contributed by atoms with Crippen LogP contribution >= 0.6 is 0 Å².